The zero-order valence-electron chi connectivity index (χ0n) is 50.4. The molecule has 0 saturated carbocycles. The Bertz CT molecular complexity index is 4790. The lowest BCUT2D eigenvalue weighted by Crippen LogP contribution is -2.38. The van der Waals surface area contributed by atoms with Crippen LogP contribution in [0, 0.1) is 0 Å². The van der Waals surface area contributed by atoms with Crippen molar-refractivity contribution in [1.29, 1.82) is 0 Å². The number of amides is 3. The Morgan fingerprint density at radius 3 is 1.90 bits per heavy atom. The summed E-state index contributed by atoms with van der Waals surface area (Å²) in [5.41, 5.74) is 3.15. The van der Waals surface area contributed by atoms with Gasteiger partial charge in [-0.25, -0.2) is 0 Å². The standard InChI is InChI=1S/C60H69N5O22S6/c1-40-50(63(31-6-4-5-13-55(66)61-28-33-65-56(67)26-27-57(65)68)52-24-21-47-48(58(40)52)38-46(92(81,82)83)39-53(47)93(84,85)86)22-14-41-11-7-12-42(59(41)87-44-17-19-45(20-18-44)91(78,79)80)15-25-54-60(2,3)49-37-43(16-23-51(49)64(54)32-10-36-90(75,76)77)62(29-8-34-88(69,70)71)30-9-35-89(72,73)74/h14-27,37-39H,1,4-13,28-36H2,2-3H3,(H6-,61,66,69,70,71,72,73,74,75,76,77,78,79,80,81,82,83,84,85,86)/p+1. The number of aromatic nitrogens is 1. The molecule has 3 heterocycles. The number of benzene rings is 4. The fraction of sp³-hybridized carbons (Fsp3) is 0.367. The molecule has 0 radical (unpaired) electrons. The number of allylic oxidation sites excluding steroid dienone is 5. The minimum absolute atomic E-state index is 0.00477. The van der Waals surface area contributed by atoms with Crippen LogP contribution in [-0.4, -0.2) is 165 Å². The third-order valence-corrected chi connectivity index (χ3v) is 21.1. The zero-order valence-corrected chi connectivity index (χ0v) is 55.3. The summed E-state index contributed by atoms with van der Waals surface area (Å²) in [6.07, 6.45) is 11.9. The summed E-state index contributed by atoms with van der Waals surface area (Å²) >= 11 is 0. The minimum atomic E-state index is -5.11. The predicted octanol–water partition coefficient (Wildman–Crippen LogP) is 5.04. The lowest BCUT2D eigenvalue weighted by Gasteiger charge is -2.26. The summed E-state index contributed by atoms with van der Waals surface area (Å²) in [4.78, 5) is 37.4. The number of anilines is 1. The van der Waals surface area contributed by atoms with E-state index in [0.29, 0.717) is 89.3 Å². The van der Waals surface area contributed by atoms with Gasteiger partial charge in [-0.15, -0.1) is 0 Å². The predicted molar refractivity (Wildman–Crippen MR) is 345 cm³/mol. The molecule has 0 fully saturated rings. The monoisotopic (exact) mass is 1400 g/mol. The summed E-state index contributed by atoms with van der Waals surface area (Å²) in [5, 5.41) is 3.53. The van der Waals surface area contributed by atoms with E-state index in [1.165, 1.54) is 18.2 Å². The van der Waals surface area contributed by atoms with Crippen LogP contribution in [-0.2, 0) is 87.1 Å². The van der Waals surface area contributed by atoms with Crippen molar-refractivity contribution in [2.45, 2.75) is 105 Å². The van der Waals surface area contributed by atoms with Crippen molar-refractivity contribution < 1.29 is 102 Å². The first-order valence-corrected chi connectivity index (χ1v) is 38.3. The number of ether oxygens (including phenoxy) is 1. The van der Waals surface area contributed by atoms with E-state index in [-0.39, 0.29) is 104 Å². The maximum atomic E-state index is 12.8. The van der Waals surface area contributed by atoms with Crippen molar-refractivity contribution in [2.24, 2.45) is 0 Å². The second-order valence-corrected chi connectivity index (χ2v) is 31.9. The van der Waals surface area contributed by atoms with E-state index in [9.17, 15) is 92.2 Å². The van der Waals surface area contributed by atoms with Crippen LogP contribution in [0.5, 0.6) is 5.75 Å². The number of hydrogen-bond acceptors (Lipinski definition) is 17. The molecule has 3 amide bonds. The van der Waals surface area contributed by atoms with Crippen LogP contribution in [0.4, 0.5) is 11.4 Å². The molecular weight excluding hydrogens is 1340 g/mol. The van der Waals surface area contributed by atoms with Gasteiger partial charge < -0.3 is 19.5 Å². The molecular formula is C60H70N5O22S6+. The lowest BCUT2D eigenvalue weighted by atomic mass is 9.80. The van der Waals surface area contributed by atoms with Gasteiger partial charge in [0.1, 0.15) is 22.9 Å². The van der Waals surface area contributed by atoms with E-state index < -0.39 is 110 Å². The van der Waals surface area contributed by atoms with E-state index in [1.807, 2.05) is 35.1 Å². The van der Waals surface area contributed by atoms with Crippen molar-refractivity contribution in [3.8, 4) is 5.75 Å². The molecule has 502 valence electrons. The fourth-order valence-corrected chi connectivity index (χ4v) is 15.0. The molecule has 93 heavy (non-hydrogen) atoms. The molecule has 1 aliphatic carbocycles. The van der Waals surface area contributed by atoms with Gasteiger partial charge in [-0.1, -0.05) is 25.1 Å². The van der Waals surface area contributed by atoms with Crippen LogP contribution < -0.4 is 25.5 Å². The Morgan fingerprint density at radius 1 is 0.677 bits per heavy atom. The number of aryl methyl sites for hydroxylation is 1. The molecule has 8 rings (SSSR count). The summed E-state index contributed by atoms with van der Waals surface area (Å²) in [7, 11) is -28.0. The van der Waals surface area contributed by atoms with E-state index in [1.54, 1.807) is 41.3 Å². The summed E-state index contributed by atoms with van der Waals surface area (Å²) in [6, 6.07) is 14.9. The minimum Gasteiger partial charge on any atom is -0.457 e. The van der Waals surface area contributed by atoms with Gasteiger partial charge in [0.25, 0.3) is 72.5 Å². The molecule has 1 aromatic heterocycles. The van der Waals surface area contributed by atoms with Crippen molar-refractivity contribution >= 4 is 130 Å². The van der Waals surface area contributed by atoms with E-state index in [2.05, 4.69) is 11.9 Å². The van der Waals surface area contributed by atoms with Crippen LogP contribution in [0.25, 0.3) is 34.3 Å². The maximum absolute atomic E-state index is 12.8. The van der Waals surface area contributed by atoms with Crippen molar-refractivity contribution in [1.82, 2.24) is 14.8 Å². The van der Waals surface area contributed by atoms with Gasteiger partial charge in [-0.05, 0) is 142 Å². The van der Waals surface area contributed by atoms with Gasteiger partial charge in [-0.3, -0.25) is 46.6 Å². The summed E-state index contributed by atoms with van der Waals surface area (Å²) in [5.74, 6) is -2.65. The molecule has 0 unspecified atom stereocenters. The average molecular weight is 1410 g/mol. The third-order valence-electron chi connectivity index (χ3n) is 16.0. The fourth-order valence-electron chi connectivity index (χ4n) is 11.7. The summed E-state index contributed by atoms with van der Waals surface area (Å²) in [6.45, 7) is 8.60. The van der Waals surface area contributed by atoms with Gasteiger partial charge >= 0.3 is 0 Å². The second-order valence-electron chi connectivity index (χ2n) is 23.0. The number of carbonyl (C=O) groups is 3. The molecule has 0 saturated heterocycles. The van der Waals surface area contributed by atoms with E-state index in [0.717, 1.165) is 35.3 Å². The number of rotatable bonds is 30. The normalized spacial score (nSPS) is 16.5. The Labute approximate surface area is 538 Å². The summed E-state index contributed by atoms with van der Waals surface area (Å²) < 4.78 is 216. The van der Waals surface area contributed by atoms with Crippen molar-refractivity contribution in [2.75, 3.05) is 54.9 Å². The average Bonchev–Trinajstić information content (AvgIpc) is 0.956. The SMILES string of the molecule is C=c1/c(=C\C=C2/CCCC(/C=C/C3=[N+](CCCS(=O)(=O)O)c4ccc(N(CCCS(=O)(=O)O)CCCS(=O)(=O)O)cc4C3(C)C)=C2Oc2ccc(S(=O)(=O)O)cc2)n(CCCCCC(=O)NCCN2C(=O)C=CC2=O)c2ccc3c(S(=O)(=O)O)cc(S(=O)(=O)O)cc3c12. The molecule has 2 aliphatic heterocycles. The third kappa shape index (κ3) is 18.1. The largest absolute Gasteiger partial charge is 0.457 e. The molecule has 27 nitrogen and oxygen atoms in total. The second kappa shape index (κ2) is 28.4. The zero-order chi connectivity index (χ0) is 68.2. The van der Waals surface area contributed by atoms with Gasteiger partial charge in [0, 0.05) is 108 Å². The highest BCUT2D eigenvalue weighted by Crippen LogP contribution is 2.43. The number of unbranched alkanes of at least 4 members (excludes halogenated alkanes) is 2. The van der Waals surface area contributed by atoms with Crippen LogP contribution in [0.15, 0.2) is 129 Å². The number of nitrogens with zero attached hydrogens (tertiary/aromatic N) is 4. The van der Waals surface area contributed by atoms with Gasteiger partial charge in [0.15, 0.2) is 5.71 Å². The molecule has 33 heteroatoms. The smallest absolute Gasteiger partial charge is 0.295 e. The Balaban J connectivity index is 1.24. The first kappa shape index (κ1) is 71.6. The Kier molecular flexibility index (Phi) is 21.8. The first-order chi connectivity index (χ1) is 43.3. The molecule has 0 spiro atoms. The van der Waals surface area contributed by atoms with Crippen LogP contribution in [0.2, 0.25) is 0 Å². The van der Waals surface area contributed by atoms with E-state index >= 15 is 0 Å². The van der Waals surface area contributed by atoms with Gasteiger partial charge in [-0.2, -0.15) is 55.1 Å². The molecule has 0 bridgehead atoms. The highest BCUT2D eigenvalue weighted by Gasteiger charge is 2.45. The van der Waals surface area contributed by atoms with Gasteiger partial charge in [0.2, 0.25) is 11.6 Å². The van der Waals surface area contributed by atoms with Crippen LogP contribution in [0.1, 0.15) is 83.6 Å². The lowest BCUT2D eigenvalue weighted by molar-refractivity contribution is -0.437. The number of carbonyl (C=O) groups excluding carboxylic acids is 3. The number of hydrogen-bond donors (Lipinski definition) is 7. The molecule has 0 atom stereocenters. The topological polar surface area (TPSA) is 413 Å². The number of imide groups is 1. The van der Waals surface area contributed by atoms with Crippen LogP contribution >= 0.6 is 0 Å². The maximum Gasteiger partial charge on any atom is 0.295 e. The quantitative estimate of drug-likeness (QED) is 0.0137. The van der Waals surface area contributed by atoms with E-state index in [4.69, 9.17) is 4.74 Å². The van der Waals surface area contributed by atoms with Crippen molar-refractivity contribution in [3.05, 3.63) is 130 Å². The van der Waals surface area contributed by atoms with Gasteiger partial charge in [0.05, 0.1) is 32.5 Å². The van der Waals surface area contributed by atoms with Crippen LogP contribution in [0.3, 0.4) is 0 Å². The number of nitrogens with one attached hydrogen (secondary N) is 1. The molecule has 7 N–H and O–H groups in total. The van der Waals surface area contributed by atoms with Crippen molar-refractivity contribution in [3.63, 3.8) is 0 Å². The number of fused-ring (bicyclic) bond motifs is 4. The first-order valence-electron chi connectivity index (χ1n) is 29.1. The Hall–Kier alpha value is -7.28. The highest BCUT2D eigenvalue weighted by atomic mass is 32.2. The Morgan fingerprint density at radius 2 is 1.30 bits per heavy atom. The molecule has 3 aliphatic rings. The highest BCUT2D eigenvalue weighted by molar-refractivity contribution is 7.87. The molecule has 4 aromatic carbocycles. The molecule has 5 aromatic rings.